The van der Waals surface area contributed by atoms with Gasteiger partial charge in [-0.15, -0.1) is 0 Å². The third kappa shape index (κ3) is 3.28. The van der Waals surface area contributed by atoms with Crippen molar-refractivity contribution in [1.82, 2.24) is 15.0 Å². The molecule has 92 valence electrons. The monoisotopic (exact) mass is 226 g/mol. The summed E-state index contributed by atoms with van der Waals surface area (Å²) < 4.78 is 5.28. The van der Waals surface area contributed by atoms with E-state index in [-0.39, 0.29) is 12.0 Å². The van der Waals surface area contributed by atoms with Crippen LogP contribution < -0.4 is 5.73 Å². The highest BCUT2D eigenvalue weighted by Gasteiger charge is 2.26. The fraction of sp³-hybridized carbons (Fsp3) is 0.818. The Hall–Kier alpha value is -0.940. The summed E-state index contributed by atoms with van der Waals surface area (Å²) >= 11 is 0. The number of nitrogens with zero attached hydrogens (tertiary/aromatic N) is 3. The van der Waals surface area contributed by atoms with Crippen molar-refractivity contribution in [1.29, 1.82) is 0 Å². The molecule has 0 aromatic carbocycles. The highest BCUT2D eigenvalue weighted by atomic mass is 16.5. The van der Waals surface area contributed by atoms with Crippen LogP contribution in [0.5, 0.6) is 0 Å². The van der Waals surface area contributed by atoms with Gasteiger partial charge in [0.05, 0.1) is 12.5 Å². The highest BCUT2D eigenvalue weighted by molar-refractivity contribution is 4.99. The van der Waals surface area contributed by atoms with E-state index in [2.05, 4.69) is 24.0 Å². The molecule has 0 spiro atoms. The fourth-order valence-electron chi connectivity index (χ4n) is 1.87. The van der Waals surface area contributed by atoms with Gasteiger partial charge in [0, 0.05) is 6.04 Å². The summed E-state index contributed by atoms with van der Waals surface area (Å²) in [6.45, 7) is 6.89. The van der Waals surface area contributed by atoms with Gasteiger partial charge in [0.1, 0.15) is 0 Å². The molecule has 1 heterocycles. The fourth-order valence-corrected chi connectivity index (χ4v) is 1.87. The smallest absolute Gasteiger partial charge is 0.231 e. The Bertz CT molecular complexity index is 312. The quantitative estimate of drug-likeness (QED) is 0.817. The lowest BCUT2D eigenvalue weighted by atomic mass is 9.90. The Kier molecular flexibility index (Phi) is 4.44. The highest BCUT2D eigenvalue weighted by Crippen LogP contribution is 2.25. The van der Waals surface area contributed by atoms with E-state index < -0.39 is 0 Å². The molecule has 0 fully saturated rings. The van der Waals surface area contributed by atoms with Gasteiger partial charge in [-0.25, -0.2) is 0 Å². The topological polar surface area (TPSA) is 68.2 Å². The van der Waals surface area contributed by atoms with Gasteiger partial charge in [-0.2, -0.15) is 4.98 Å². The predicted octanol–water partition coefficient (Wildman–Crippen LogP) is 1.22. The van der Waals surface area contributed by atoms with Gasteiger partial charge in [-0.05, 0) is 26.9 Å². The third-order valence-corrected chi connectivity index (χ3v) is 2.51. The summed E-state index contributed by atoms with van der Waals surface area (Å²) in [6, 6.07) is 0.0210. The number of hydrogen-bond acceptors (Lipinski definition) is 5. The van der Waals surface area contributed by atoms with Crippen molar-refractivity contribution >= 4 is 0 Å². The first-order chi connectivity index (χ1) is 7.41. The molecule has 16 heavy (non-hydrogen) atoms. The molecular weight excluding hydrogens is 204 g/mol. The standard InChI is InChI=1S/C11H22N4O/c1-7(2)10(8(3)12)11-13-9(14-16-11)6-15(4)5/h7-8,10H,6,12H2,1-5H3. The molecule has 2 atom stereocenters. The van der Waals surface area contributed by atoms with Crippen molar-refractivity contribution in [3.05, 3.63) is 11.7 Å². The van der Waals surface area contributed by atoms with Crippen LogP contribution in [0.4, 0.5) is 0 Å². The van der Waals surface area contributed by atoms with Gasteiger partial charge in [0.25, 0.3) is 0 Å². The molecule has 5 heteroatoms. The van der Waals surface area contributed by atoms with Gasteiger partial charge < -0.3 is 15.2 Å². The molecule has 5 nitrogen and oxygen atoms in total. The Morgan fingerprint density at radius 2 is 1.94 bits per heavy atom. The minimum Gasteiger partial charge on any atom is -0.339 e. The average Bonchev–Trinajstić information content (AvgIpc) is 2.50. The summed E-state index contributed by atoms with van der Waals surface area (Å²) in [5.74, 6) is 1.89. The zero-order valence-corrected chi connectivity index (χ0v) is 10.8. The van der Waals surface area contributed by atoms with Crippen LogP contribution in [0.25, 0.3) is 0 Å². The van der Waals surface area contributed by atoms with Crippen LogP contribution in [0, 0.1) is 5.92 Å². The van der Waals surface area contributed by atoms with Crippen LogP contribution >= 0.6 is 0 Å². The van der Waals surface area contributed by atoms with E-state index in [1.165, 1.54) is 0 Å². The second-order valence-electron chi connectivity index (χ2n) is 4.92. The van der Waals surface area contributed by atoms with E-state index >= 15 is 0 Å². The van der Waals surface area contributed by atoms with E-state index in [1.807, 2.05) is 25.9 Å². The first-order valence-electron chi connectivity index (χ1n) is 5.64. The minimum atomic E-state index is 0.0210. The van der Waals surface area contributed by atoms with Gasteiger partial charge >= 0.3 is 0 Å². The lowest BCUT2D eigenvalue weighted by Crippen LogP contribution is -2.28. The first-order valence-corrected chi connectivity index (χ1v) is 5.64. The van der Waals surface area contributed by atoms with Gasteiger partial charge in [-0.3, -0.25) is 0 Å². The van der Waals surface area contributed by atoms with E-state index in [4.69, 9.17) is 10.3 Å². The molecule has 0 saturated heterocycles. The van der Waals surface area contributed by atoms with Crippen molar-refractivity contribution in [2.45, 2.75) is 39.3 Å². The van der Waals surface area contributed by atoms with Crippen LogP contribution in [0.2, 0.25) is 0 Å². The van der Waals surface area contributed by atoms with Gasteiger partial charge in [0.2, 0.25) is 5.89 Å². The van der Waals surface area contributed by atoms with Crippen molar-refractivity contribution in [3.63, 3.8) is 0 Å². The molecule has 2 unspecified atom stereocenters. The Morgan fingerprint density at radius 3 is 2.38 bits per heavy atom. The normalized spacial score (nSPS) is 15.8. The van der Waals surface area contributed by atoms with Crippen LogP contribution in [-0.2, 0) is 6.54 Å². The molecule has 0 aliphatic heterocycles. The van der Waals surface area contributed by atoms with E-state index in [0.717, 1.165) is 0 Å². The molecule has 0 radical (unpaired) electrons. The molecule has 0 amide bonds. The zero-order chi connectivity index (χ0) is 12.3. The second-order valence-corrected chi connectivity index (χ2v) is 4.92. The molecular formula is C11H22N4O. The minimum absolute atomic E-state index is 0.0210. The Labute approximate surface area is 97.0 Å². The van der Waals surface area contributed by atoms with Crippen molar-refractivity contribution < 1.29 is 4.52 Å². The van der Waals surface area contributed by atoms with Gasteiger partial charge in [-0.1, -0.05) is 19.0 Å². The van der Waals surface area contributed by atoms with Crippen LogP contribution in [0.3, 0.4) is 0 Å². The summed E-state index contributed by atoms with van der Waals surface area (Å²) in [6.07, 6.45) is 0. The largest absolute Gasteiger partial charge is 0.339 e. The molecule has 0 bridgehead atoms. The van der Waals surface area contributed by atoms with Crippen molar-refractivity contribution in [3.8, 4) is 0 Å². The zero-order valence-electron chi connectivity index (χ0n) is 10.8. The maximum Gasteiger partial charge on any atom is 0.231 e. The number of rotatable bonds is 5. The molecule has 0 aliphatic rings. The van der Waals surface area contributed by atoms with Crippen LogP contribution in [-0.4, -0.2) is 35.2 Å². The predicted molar refractivity (Wildman–Crippen MR) is 62.9 cm³/mol. The molecule has 1 rings (SSSR count). The lowest BCUT2D eigenvalue weighted by molar-refractivity contribution is 0.295. The van der Waals surface area contributed by atoms with E-state index in [1.54, 1.807) is 0 Å². The number of aromatic nitrogens is 2. The van der Waals surface area contributed by atoms with E-state index in [0.29, 0.717) is 24.2 Å². The second kappa shape index (κ2) is 5.41. The SMILES string of the molecule is CC(C)C(c1nc(CN(C)C)no1)C(C)N. The maximum atomic E-state index is 5.94. The molecule has 0 saturated carbocycles. The summed E-state index contributed by atoms with van der Waals surface area (Å²) in [4.78, 5) is 6.40. The summed E-state index contributed by atoms with van der Waals surface area (Å²) in [5.41, 5.74) is 5.94. The van der Waals surface area contributed by atoms with Crippen LogP contribution in [0.15, 0.2) is 4.52 Å². The van der Waals surface area contributed by atoms with Crippen LogP contribution in [0.1, 0.15) is 38.4 Å². The van der Waals surface area contributed by atoms with Gasteiger partial charge in [0.15, 0.2) is 5.82 Å². The molecule has 1 aromatic heterocycles. The van der Waals surface area contributed by atoms with E-state index in [9.17, 15) is 0 Å². The first kappa shape index (κ1) is 13.1. The molecule has 1 aromatic rings. The lowest BCUT2D eigenvalue weighted by Gasteiger charge is -2.20. The summed E-state index contributed by atoms with van der Waals surface area (Å²) in [5, 5.41) is 3.96. The Balaban J connectivity index is 2.82. The molecule has 0 aliphatic carbocycles. The summed E-state index contributed by atoms with van der Waals surface area (Å²) in [7, 11) is 3.95. The maximum absolute atomic E-state index is 5.94. The molecule has 2 N–H and O–H groups in total. The number of hydrogen-bond donors (Lipinski definition) is 1. The third-order valence-electron chi connectivity index (χ3n) is 2.51. The van der Waals surface area contributed by atoms with Crippen molar-refractivity contribution in [2.24, 2.45) is 11.7 Å². The average molecular weight is 226 g/mol. The Morgan fingerprint density at radius 1 is 1.31 bits per heavy atom. The van der Waals surface area contributed by atoms with Crippen molar-refractivity contribution in [2.75, 3.05) is 14.1 Å². The number of nitrogens with two attached hydrogens (primary N) is 1.